The number of hydroxylamine groups is 2. The van der Waals surface area contributed by atoms with Crippen LogP contribution in [0.3, 0.4) is 0 Å². The molecule has 5 N–H and O–H groups in total. The average Bonchev–Trinajstić information content (AvgIpc) is 3.61. The molecule has 13 nitrogen and oxygen atoms in total. The largest absolute Gasteiger partial charge is 0.496 e. The van der Waals surface area contributed by atoms with Crippen molar-refractivity contribution in [3.8, 4) is 16.9 Å². The first-order valence-electron chi connectivity index (χ1n) is 22.5. The van der Waals surface area contributed by atoms with Gasteiger partial charge in [-0.1, -0.05) is 76.2 Å². The Morgan fingerprint density at radius 1 is 1.03 bits per heavy atom. The molecule has 1 unspecified atom stereocenters. The molecule has 3 saturated carbocycles. The van der Waals surface area contributed by atoms with Gasteiger partial charge in [0.1, 0.15) is 30.2 Å². The number of hydrogen-bond acceptors (Lipinski definition) is 11. The van der Waals surface area contributed by atoms with E-state index in [1.54, 1.807) is 19.1 Å². The predicted octanol–water partition coefficient (Wildman–Crippen LogP) is 5.99. The van der Waals surface area contributed by atoms with Gasteiger partial charge in [-0.05, 0) is 105 Å². The molecule has 3 aliphatic carbocycles. The second-order valence-electron chi connectivity index (χ2n) is 19.0. The summed E-state index contributed by atoms with van der Waals surface area (Å²) in [6.07, 6.45) is 0.481. The third-order valence-electron chi connectivity index (χ3n) is 13.9. The first-order valence-corrected chi connectivity index (χ1v) is 22.5. The summed E-state index contributed by atoms with van der Waals surface area (Å²) >= 11 is 0. The Labute approximate surface area is 369 Å². The van der Waals surface area contributed by atoms with Gasteiger partial charge in [0.05, 0.1) is 26.2 Å². The van der Waals surface area contributed by atoms with E-state index in [0.717, 1.165) is 48.2 Å². The van der Waals surface area contributed by atoms with Crippen LogP contribution in [0.15, 0.2) is 66.7 Å². The molecule has 1 aliphatic heterocycles. The molecule has 4 aliphatic rings. The van der Waals surface area contributed by atoms with Gasteiger partial charge < -0.3 is 40.1 Å². The fraction of sp³-hybridized carbons (Fsp3) is 0.592. The van der Waals surface area contributed by atoms with Crippen molar-refractivity contribution in [3.05, 3.63) is 83.4 Å². The number of methoxy groups -OCH3 is 1. The van der Waals surface area contributed by atoms with Gasteiger partial charge >= 0.3 is 6.09 Å². The maximum atomic E-state index is 14.7. The summed E-state index contributed by atoms with van der Waals surface area (Å²) in [5.41, 5.74) is 5.45. The van der Waals surface area contributed by atoms with Crippen LogP contribution < -0.4 is 25.6 Å². The Morgan fingerprint density at radius 2 is 1.77 bits per heavy atom. The number of aliphatic hydroxyl groups is 2. The maximum Gasteiger partial charge on any atom is 0.407 e. The van der Waals surface area contributed by atoms with Gasteiger partial charge in [-0.2, -0.15) is 5.06 Å². The maximum absolute atomic E-state index is 14.7. The summed E-state index contributed by atoms with van der Waals surface area (Å²) in [6.45, 7) is 11.6. The smallest absolute Gasteiger partial charge is 0.407 e. The quantitative estimate of drug-likeness (QED) is 0.0907. The van der Waals surface area contributed by atoms with Gasteiger partial charge in [-0.3, -0.25) is 14.9 Å². The number of anilines is 1. The molecule has 340 valence electrons. The lowest BCUT2D eigenvalue weighted by atomic mass is 9.45. The zero-order valence-electron chi connectivity index (χ0n) is 38.6. The highest BCUT2D eigenvalue weighted by molar-refractivity contribution is 5.83. The molecule has 13 heteroatoms. The van der Waals surface area contributed by atoms with E-state index in [2.05, 4.69) is 59.8 Å². The Kier molecular flexibility index (Phi) is 15.6. The molecule has 7 rings (SSSR count). The molecule has 0 spiro atoms. The molecule has 4 fully saturated rings. The molecule has 62 heavy (non-hydrogen) atoms. The lowest BCUT2D eigenvalue weighted by Gasteiger charge is -2.62. The molecular formula is C49H72N6O7. The van der Waals surface area contributed by atoms with Crippen LogP contribution in [0.5, 0.6) is 5.75 Å². The highest BCUT2D eigenvalue weighted by Gasteiger charge is 2.57. The Hall–Kier alpha value is -4.24. The summed E-state index contributed by atoms with van der Waals surface area (Å²) in [7, 11) is 9.63. The second-order valence-corrected chi connectivity index (χ2v) is 19.0. The zero-order valence-corrected chi connectivity index (χ0v) is 38.6. The molecule has 2 bridgehead atoms. The summed E-state index contributed by atoms with van der Waals surface area (Å²) in [5.74, 6) is 1.07. The number of rotatable bonds is 19. The predicted molar refractivity (Wildman–Crippen MR) is 243 cm³/mol. The van der Waals surface area contributed by atoms with E-state index < -0.39 is 36.5 Å². The van der Waals surface area contributed by atoms with Crippen molar-refractivity contribution in [3.63, 3.8) is 0 Å². The average molecular weight is 857 g/mol. The molecule has 2 amide bonds. The van der Waals surface area contributed by atoms with Crippen molar-refractivity contribution in [2.75, 3.05) is 59.9 Å². The third-order valence-corrected chi connectivity index (χ3v) is 13.9. The van der Waals surface area contributed by atoms with Gasteiger partial charge in [-0.15, -0.1) is 0 Å². The number of nitrogens with zero attached hydrogens (tertiary/aromatic N) is 3. The number of nitrogens with one attached hydrogen (secondary N) is 3. The van der Waals surface area contributed by atoms with Crippen LogP contribution in [0.25, 0.3) is 11.1 Å². The van der Waals surface area contributed by atoms with Crippen LogP contribution in [0.1, 0.15) is 76.8 Å². The molecule has 1 heterocycles. The monoisotopic (exact) mass is 857 g/mol. The molecule has 3 aromatic carbocycles. The number of amides is 2. The summed E-state index contributed by atoms with van der Waals surface area (Å²) in [5, 5.41) is 33.8. The van der Waals surface area contributed by atoms with Crippen LogP contribution in [0, 0.1) is 29.1 Å². The van der Waals surface area contributed by atoms with E-state index in [9.17, 15) is 19.8 Å². The van der Waals surface area contributed by atoms with Gasteiger partial charge in [0.25, 0.3) is 0 Å². The number of fused-ring (bicyclic) bond motifs is 2. The number of benzene rings is 3. The third kappa shape index (κ3) is 10.6. The first kappa shape index (κ1) is 47.2. The van der Waals surface area contributed by atoms with Gasteiger partial charge in [0.15, 0.2) is 0 Å². The number of alkyl carbamates (subject to hydrolysis) is 1. The highest BCUT2D eigenvalue weighted by atomic mass is 16.7. The van der Waals surface area contributed by atoms with E-state index in [-0.39, 0.29) is 36.6 Å². The van der Waals surface area contributed by atoms with Crippen LogP contribution in [0.2, 0.25) is 0 Å². The standard InChI is InChI=1S/C49H72N6O7/c1-11-20-50-48(59)61-31(3)43-42(29-56)62-55(44(43)47(58)52-41-26-36-25-40(30(41)2)49(36,4)5)27-33-18-15-19-39(45(33)60-10)34-22-35(24-38(23-34)54(8)9)46(57)51-37(28-53(6)7)21-32-16-13-12-14-17-32/h12-19,22-24,30-31,36-37,40-44,46,51,56-57H,11,20-21,25-29H2,1-10H3,(H,50,59)(H,52,58)/t30-,31-,36+,37-,40-,41-,42-,43-,44-,46?/m0/s1. The number of carbonyl (C=O) groups excluding carboxylic acids is 2. The minimum absolute atomic E-state index is 0.00333. The Balaban J connectivity index is 1.31. The number of para-hydroxylation sites is 1. The van der Waals surface area contributed by atoms with Gasteiger partial charge in [0, 0.05) is 56.1 Å². The van der Waals surface area contributed by atoms with E-state index >= 15 is 0 Å². The van der Waals surface area contributed by atoms with E-state index in [1.165, 1.54) is 12.0 Å². The topological polar surface area (TPSA) is 148 Å². The molecule has 0 aromatic heterocycles. The van der Waals surface area contributed by atoms with Crippen LogP contribution in [-0.2, 0) is 27.3 Å². The minimum atomic E-state index is -0.960. The van der Waals surface area contributed by atoms with Gasteiger partial charge in [0.2, 0.25) is 5.91 Å². The van der Waals surface area contributed by atoms with Crippen molar-refractivity contribution in [1.29, 1.82) is 0 Å². The van der Waals surface area contributed by atoms with E-state index in [0.29, 0.717) is 35.6 Å². The van der Waals surface area contributed by atoms with Crippen molar-refractivity contribution in [2.24, 2.45) is 29.1 Å². The molecule has 1 saturated heterocycles. The first-order chi connectivity index (χ1) is 29.6. The van der Waals surface area contributed by atoms with Crippen molar-refractivity contribution in [2.45, 2.75) is 103 Å². The van der Waals surface area contributed by atoms with Crippen LogP contribution >= 0.6 is 0 Å². The molecular weight excluding hydrogens is 785 g/mol. The Bertz CT molecular complexity index is 1960. The minimum Gasteiger partial charge on any atom is -0.496 e. The van der Waals surface area contributed by atoms with Gasteiger partial charge in [-0.25, -0.2) is 4.79 Å². The van der Waals surface area contributed by atoms with Crippen molar-refractivity contribution < 1.29 is 34.1 Å². The SMILES string of the molecule is CCCNC(=O)O[C@@H](C)[C@H]1[C@H](CO)ON(Cc2cccc(-c3cc(C(O)N[C@@H](Cc4ccccc4)CN(C)C)cc(N(C)C)c3)c2OC)[C@@H]1C(=O)N[C@H]1C[C@H]2C[C@@H]([C@@H]1C)C2(C)C. The normalized spacial score (nSPS) is 25.7. The number of hydrogen-bond donors (Lipinski definition) is 5. The second kappa shape index (κ2) is 20.5. The Morgan fingerprint density at radius 3 is 2.40 bits per heavy atom. The molecule has 3 aromatic rings. The summed E-state index contributed by atoms with van der Waals surface area (Å²) < 4.78 is 12.1. The summed E-state index contributed by atoms with van der Waals surface area (Å²) in [6, 6.07) is 21.3. The number of likely N-dealkylation sites (N-methyl/N-ethyl adjacent to an activating group) is 1. The number of ether oxygens (including phenoxy) is 2. The fourth-order valence-electron chi connectivity index (χ4n) is 10.4. The summed E-state index contributed by atoms with van der Waals surface area (Å²) in [4.78, 5) is 38.2. The number of carbonyl (C=O) groups is 2. The zero-order chi connectivity index (χ0) is 44.9. The van der Waals surface area contributed by atoms with Crippen molar-refractivity contribution >= 4 is 17.7 Å². The lowest BCUT2D eigenvalue weighted by molar-refractivity contribution is -0.183. The molecule has 0 radical (unpaired) electrons. The van der Waals surface area contributed by atoms with E-state index in [4.69, 9.17) is 14.3 Å². The molecule has 10 atom stereocenters. The van der Waals surface area contributed by atoms with E-state index in [1.807, 2.05) is 88.5 Å². The van der Waals surface area contributed by atoms with Crippen molar-refractivity contribution in [1.82, 2.24) is 25.9 Å². The fourth-order valence-corrected chi connectivity index (χ4v) is 10.4. The van der Waals surface area contributed by atoms with Crippen LogP contribution in [0.4, 0.5) is 10.5 Å². The highest BCUT2D eigenvalue weighted by Crippen LogP contribution is 2.61. The van der Waals surface area contributed by atoms with Crippen LogP contribution in [-0.4, -0.2) is 118 Å². The lowest BCUT2D eigenvalue weighted by Crippen LogP contribution is -2.62. The number of aliphatic hydroxyl groups excluding tert-OH is 2.